The van der Waals surface area contributed by atoms with E-state index < -0.39 is 23.8 Å². The molecule has 0 radical (unpaired) electrons. The zero-order valence-electron chi connectivity index (χ0n) is 15.7. The third-order valence-electron chi connectivity index (χ3n) is 3.71. The molecule has 2 amide bonds. The first-order valence-corrected chi connectivity index (χ1v) is 8.49. The van der Waals surface area contributed by atoms with E-state index in [0.29, 0.717) is 16.9 Å². The van der Waals surface area contributed by atoms with E-state index in [4.69, 9.17) is 9.47 Å². The molecule has 0 bridgehead atoms. The first kappa shape index (κ1) is 20.9. The number of carbonyl (C=O) groups excluding carboxylic acids is 3. The molecule has 28 heavy (non-hydrogen) atoms. The second-order valence-electron chi connectivity index (χ2n) is 6.03. The number of rotatable bonds is 7. The van der Waals surface area contributed by atoms with E-state index in [-0.39, 0.29) is 18.1 Å². The van der Waals surface area contributed by atoms with Crippen LogP contribution in [0.5, 0.6) is 5.75 Å². The maximum atomic E-state index is 13.7. The highest BCUT2D eigenvalue weighted by atomic mass is 19.1. The van der Waals surface area contributed by atoms with Gasteiger partial charge in [0.25, 0.3) is 5.91 Å². The predicted molar refractivity (Wildman–Crippen MR) is 102 cm³/mol. The van der Waals surface area contributed by atoms with E-state index in [1.807, 2.05) is 0 Å². The standard InChI is InChI=1S/C20H21FN2O5/c1-12(20(26)23-16-7-5-15(6-8-16)22-13(2)24)28-19(25)11-14-4-9-18(27-3)17(21)10-14/h4-10,12H,11H2,1-3H3,(H,22,24)(H,23,26)/t12-/m0/s1. The normalized spacial score (nSPS) is 11.3. The lowest BCUT2D eigenvalue weighted by Gasteiger charge is -2.14. The fraction of sp³-hybridized carbons (Fsp3) is 0.250. The molecular weight excluding hydrogens is 367 g/mol. The second-order valence-corrected chi connectivity index (χ2v) is 6.03. The lowest BCUT2D eigenvalue weighted by molar-refractivity contribution is -0.152. The number of amides is 2. The van der Waals surface area contributed by atoms with E-state index >= 15 is 0 Å². The molecule has 2 rings (SSSR count). The summed E-state index contributed by atoms with van der Waals surface area (Å²) in [5, 5.41) is 5.22. The van der Waals surface area contributed by atoms with E-state index in [1.54, 1.807) is 30.3 Å². The first-order valence-electron chi connectivity index (χ1n) is 8.49. The van der Waals surface area contributed by atoms with Gasteiger partial charge in [-0.25, -0.2) is 4.39 Å². The third-order valence-corrected chi connectivity index (χ3v) is 3.71. The van der Waals surface area contributed by atoms with Crippen LogP contribution in [0.2, 0.25) is 0 Å². The molecule has 0 aromatic heterocycles. The molecule has 2 aromatic carbocycles. The molecule has 0 saturated carbocycles. The number of nitrogens with one attached hydrogen (secondary N) is 2. The monoisotopic (exact) mass is 388 g/mol. The van der Waals surface area contributed by atoms with Crippen LogP contribution in [-0.2, 0) is 25.5 Å². The molecule has 8 heteroatoms. The Morgan fingerprint density at radius 3 is 2.18 bits per heavy atom. The van der Waals surface area contributed by atoms with Crippen molar-refractivity contribution in [1.29, 1.82) is 0 Å². The van der Waals surface area contributed by atoms with Gasteiger partial charge in [-0.1, -0.05) is 6.07 Å². The molecule has 0 fully saturated rings. The molecule has 1 atom stereocenters. The average molecular weight is 388 g/mol. The minimum atomic E-state index is -1.04. The number of hydrogen-bond acceptors (Lipinski definition) is 5. The maximum absolute atomic E-state index is 13.7. The van der Waals surface area contributed by atoms with Gasteiger partial charge in [0.1, 0.15) is 0 Å². The van der Waals surface area contributed by atoms with Crippen molar-refractivity contribution in [3.05, 3.63) is 53.8 Å². The van der Waals surface area contributed by atoms with Gasteiger partial charge in [-0.05, 0) is 48.9 Å². The van der Waals surface area contributed by atoms with Crippen LogP contribution in [0.1, 0.15) is 19.4 Å². The smallest absolute Gasteiger partial charge is 0.311 e. The van der Waals surface area contributed by atoms with Crippen molar-refractivity contribution < 1.29 is 28.2 Å². The van der Waals surface area contributed by atoms with Crippen LogP contribution in [-0.4, -0.2) is 31.0 Å². The number of carbonyl (C=O) groups is 3. The van der Waals surface area contributed by atoms with Crippen molar-refractivity contribution in [2.45, 2.75) is 26.4 Å². The molecule has 0 spiro atoms. The number of anilines is 2. The molecule has 0 unspecified atom stereocenters. The zero-order valence-corrected chi connectivity index (χ0v) is 15.7. The van der Waals surface area contributed by atoms with Crippen LogP contribution < -0.4 is 15.4 Å². The van der Waals surface area contributed by atoms with Crippen LogP contribution in [0.4, 0.5) is 15.8 Å². The van der Waals surface area contributed by atoms with Crippen molar-refractivity contribution in [2.75, 3.05) is 17.7 Å². The Labute approximate surface area is 161 Å². The van der Waals surface area contributed by atoms with E-state index in [2.05, 4.69) is 10.6 Å². The van der Waals surface area contributed by atoms with Crippen LogP contribution in [0.15, 0.2) is 42.5 Å². The van der Waals surface area contributed by atoms with Crippen molar-refractivity contribution >= 4 is 29.2 Å². The summed E-state index contributed by atoms with van der Waals surface area (Å²) in [6.07, 6.45) is -1.21. The maximum Gasteiger partial charge on any atom is 0.311 e. The molecule has 7 nitrogen and oxygen atoms in total. The number of ether oxygens (including phenoxy) is 2. The number of methoxy groups -OCH3 is 1. The van der Waals surface area contributed by atoms with E-state index in [1.165, 1.54) is 33.1 Å². The van der Waals surface area contributed by atoms with Gasteiger partial charge in [0.05, 0.1) is 13.5 Å². The Hall–Kier alpha value is -3.42. The number of hydrogen-bond donors (Lipinski definition) is 2. The molecule has 0 aliphatic carbocycles. The fourth-order valence-electron chi connectivity index (χ4n) is 2.36. The van der Waals surface area contributed by atoms with Gasteiger partial charge >= 0.3 is 5.97 Å². The lowest BCUT2D eigenvalue weighted by Crippen LogP contribution is -2.30. The summed E-state index contributed by atoms with van der Waals surface area (Å²) < 4.78 is 23.6. The highest BCUT2D eigenvalue weighted by Gasteiger charge is 2.18. The minimum absolute atomic E-state index is 0.0781. The summed E-state index contributed by atoms with van der Waals surface area (Å²) in [4.78, 5) is 35.2. The zero-order chi connectivity index (χ0) is 20.7. The summed E-state index contributed by atoms with van der Waals surface area (Å²) in [5.74, 6) is -1.88. The van der Waals surface area contributed by atoms with Crippen molar-refractivity contribution in [2.24, 2.45) is 0 Å². The van der Waals surface area contributed by atoms with Gasteiger partial charge in [0.2, 0.25) is 5.91 Å². The average Bonchev–Trinajstić information content (AvgIpc) is 2.63. The first-order chi connectivity index (χ1) is 13.3. The van der Waals surface area contributed by atoms with Crippen LogP contribution in [0, 0.1) is 5.82 Å². The topological polar surface area (TPSA) is 93.7 Å². The van der Waals surface area contributed by atoms with Gasteiger partial charge in [-0.3, -0.25) is 14.4 Å². The third kappa shape index (κ3) is 6.08. The van der Waals surface area contributed by atoms with Gasteiger partial charge < -0.3 is 20.1 Å². The Balaban J connectivity index is 1.88. The minimum Gasteiger partial charge on any atom is -0.494 e. The molecule has 0 heterocycles. The van der Waals surface area contributed by atoms with Gasteiger partial charge in [0, 0.05) is 18.3 Å². The summed E-state index contributed by atoms with van der Waals surface area (Å²) in [6.45, 7) is 2.83. The Bertz CT molecular complexity index is 867. The van der Waals surface area contributed by atoms with E-state index in [9.17, 15) is 18.8 Å². The second kappa shape index (κ2) is 9.50. The van der Waals surface area contributed by atoms with Crippen molar-refractivity contribution in [3.8, 4) is 5.75 Å². The fourth-order valence-corrected chi connectivity index (χ4v) is 2.36. The molecule has 2 N–H and O–H groups in total. The van der Waals surface area contributed by atoms with Crippen LogP contribution in [0.3, 0.4) is 0 Å². The van der Waals surface area contributed by atoms with Crippen molar-refractivity contribution in [1.82, 2.24) is 0 Å². The quantitative estimate of drug-likeness (QED) is 0.712. The van der Waals surface area contributed by atoms with Gasteiger partial charge in [-0.15, -0.1) is 0 Å². The van der Waals surface area contributed by atoms with Crippen LogP contribution >= 0.6 is 0 Å². The Morgan fingerprint density at radius 2 is 1.64 bits per heavy atom. The lowest BCUT2D eigenvalue weighted by atomic mass is 10.1. The summed E-state index contributed by atoms with van der Waals surface area (Å²) in [7, 11) is 1.35. The molecule has 0 saturated heterocycles. The van der Waals surface area contributed by atoms with E-state index in [0.717, 1.165) is 0 Å². The molecule has 0 aliphatic heterocycles. The van der Waals surface area contributed by atoms with Crippen molar-refractivity contribution in [3.63, 3.8) is 0 Å². The number of esters is 1. The highest BCUT2D eigenvalue weighted by molar-refractivity contribution is 5.95. The van der Waals surface area contributed by atoms with Gasteiger partial charge in [0.15, 0.2) is 17.7 Å². The molecule has 2 aromatic rings. The summed E-state index contributed by atoms with van der Waals surface area (Å²) in [6, 6.07) is 10.6. The predicted octanol–water partition coefficient (Wildman–Crippen LogP) is 2.91. The summed E-state index contributed by atoms with van der Waals surface area (Å²) in [5.41, 5.74) is 1.49. The molecule has 0 aliphatic rings. The summed E-state index contributed by atoms with van der Waals surface area (Å²) >= 11 is 0. The van der Waals surface area contributed by atoms with Gasteiger partial charge in [-0.2, -0.15) is 0 Å². The largest absolute Gasteiger partial charge is 0.494 e. The number of benzene rings is 2. The van der Waals surface area contributed by atoms with Crippen LogP contribution in [0.25, 0.3) is 0 Å². The molecule has 148 valence electrons. The highest BCUT2D eigenvalue weighted by Crippen LogP contribution is 2.18. The number of halogens is 1. The Kier molecular flexibility index (Phi) is 7.08. The SMILES string of the molecule is COc1ccc(CC(=O)O[C@@H](C)C(=O)Nc2ccc(NC(C)=O)cc2)cc1F. The molecular formula is C20H21FN2O5. The Morgan fingerprint density at radius 1 is 1.04 bits per heavy atom.